The Morgan fingerprint density at radius 2 is 2.20 bits per heavy atom. The minimum absolute atomic E-state index is 0.226. The number of aromatic nitrogens is 1. The fraction of sp³-hybridized carbons (Fsp3) is 0.375. The first-order chi connectivity index (χ1) is 9.74. The molecule has 1 aliphatic heterocycles. The van der Waals surface area contributed by atoms with E-state index in [0.717, 1.165) is 23.7 Å². The lowest BCUT2D eigenvalue weighted by Gasteiger charge is -2.29. The van der Waals surface area contributed by atoms with E-state index in [-0.39, 0.29) is 5.91 Å². The largest absolute Gasteiger partial charge is 0.477 e. The summed E-state index contributed by atoms with van der Waals surface area (Å²) >= 11 is 0. The predicted octanol–water partition coefficient (Wildman–Crippen LogP) is 2.48. The van der Waals surface area contributed by atoms with Crippen LogP contribution in [0.25, 0.3) is 10.8 Å². The number of carbonyl (C=O) groups is 1. The average molecular weight is 270 g/mol. The molecular weight excluding hydrogens is 252 g/mol. The molecule has 1 fully saturated rings. The molecule has 0 aliphatic carbocycles. The van der Waals surface area contributed by atoms with E-state index in [4.69, 9.17) is 4.74 Å². The van der Waals surface area contributed by atoms with Crippen LogP contribution in [0.1, 0.15) is 12.8 Å². The van der Waals surface area contributed by atoms with Crippen molar-refractivity contribution in [2.75, 3.05) is 20.2 Å². The number of hydrogen-bond acceptors (Lipinski definition) is 3. The summed E-state index contributed by atoms with van der Waals surface area (Å²) in [6.07, 6.45) is 3.29. The van der Waals surface area contributed by atoms with Crippen molar-refractivity contribution < 1.29 is 9.53 Å². The van der Waals surface area contributed by atoms with Gasteiger partial charge >= 0.3 is 0 Å². The highest BCUT2D eigenvalue weighted by molar-refractivity contribution is 5.86. The highest BCUT2D eigenvalue weighted by Crippen LogP contribution is 2.24. The van der Waals surface area contributed by atoms with Gasteiger partial charge in [0.2, 0.25) is 11.8 Å². The Labute approximate surface area is 118 Å². The van der Waals surface area contributed by atoms with Crippen LogP contribution in [0.5, 0.6) is 5.88 Å². The van der Waals surface area contributed by atoms with Gasteiger partial charge in [-0.05, 0) is 23.9 Å². The first kappa shape index (κ1) is 12.9. The van der Waals surface area contributed by atoms with E-state index in [1.807, 2.05) is 31.3 Å². The third-order valence-corrected chi connectivity index (χ3v) is 3.82. The molecule has 0 saturated carbocycles. The second kappa shape index (κ2) is 5.49. The molecule has 4 heteroatoms. The van der Waals surface area contributed by atoms with Gasteiger partial charge in [-0.15, -0.1) is 0 Å². The normalized spacial score (nSPS) is 19.4. The van der Waals surface area contributed by atoms with Crippen molar-refractivity contribution in [1.82, 2.24) is 9.88 Å². The number of rotatable bonds is 3. The van der Waals surface area contributed by atoms with Gasteiger partial charge in [0.25, 0.3) is 0 Å². The summed E-state index contributed by atoms with van der Waals surface area (Å²) < 4.78 is 5.89. The standard InChI is InChI=1S/C16H18N2O2/c1-18-10-12(6-7-15(18)19)11-20-16-14-5-3-2-4-13(14)8-9-17-16/h2-5,8-9,12H,6-7,10-11H2,1H3. The fourth-order valence-electron chi connectivity index (χ4n) is 2.64. The van der Waals surface area contributed by atoms with Crippen LogP contribution in [0.3, 0.4) is 0 Å². The fourth-order valence-corrected chi connectivity index (χ4v) is 2.64. The lowest BCUT2D eigenvalue weighted by molar-refractivity contribution is -0.133. The van der Waals surface area contributed by atoms with Gasteiger partial charge in [0.05, 0.1) is 6.61 Å². The quantitative estimate of drug-likeness (QED) is 0.860. The van der Waals surface area contributed by atoms with Gasteiger partial charge in [0.1, 0.15) is 0 Å². The molecule has 1 amide bonds. The van der Waals surface area contributed by atoms with Crippen molar-refractivity contribution in [2.24, 2.45) is 5.92 Å². The van der Waals surface area contributed by atoms with Crippen LogP contribution >= 0.6 is 0 Å². The van der Waals surface area contributed by atoms with Crippen molar-refractivity contribution in [2.45, 2.75) is 12.8 Å². The summed E-state index contributed by atoms with van der Waals surface area (Å²) in [5.41, 5.74) is 0. The van der Waals surface area contributed by atoms with Crippen molar-refractivity contribution in [3.05, 3.63) is 36.5 Å². The smallest absolute Gasteiger partial charge is 0.222 e. The Morgan fingerprint density at radius 3 is 3.05 bits per heavy atom. The summed E-state index contributed by atoms with van der Waals surface area (Å²) in [6.45, 7) is 1.38. The van der Waals surface area contributed by atoms with Crippen LogP contribution in [0.4, 0.5) is 0 Å². The van der Waals surface area contributed by atoms with Gasteiger partial charge < -0.3 is 9.64 Å². The van der Waals surface area contributed by atoms with Crippen molar-refractivity contribution >= 4 is 16.7 Å². The van der Waals surface area contributed by atoms with Crippen LogP contribution in [0, 0.1) is 5.92 Å². The predicted molar refractivity (Wildman–Crippen MR) is 77.6 cm³/mol. The molecule has 1 aromatic carbocycles. The number of piperidine rings is 1. The lowest BCUT2D eigenvalue weighted by atomic mass is 9.99. The van der Waals surface area contributed by atoms with Crippen molar-refractivity contribution in [3.8, 4) is 5.88 Å². The maximum Gasteiger partial charge on any atom is 0.222 e. The number of benzene rings is 1. The zero-order chi connectivity index (χ0) is 13.9. The number of nitrogens with zero attached hydrogens (tertiary/aromatic N) is 2. The monoisotopic (exact) mass is 270 g/mol. The number of fused-ring (bicyclic) bond motifs is 1. The van der Waals surface area contributed by atoms with Crippen LogP contribution in [0.15, 0.2) is 36.5 Å². The molecule has 1 saturated heterocycles. The van der Waals surface area contributed by atoms with E-state index < -0.39 is 0 Å². The highest BCUT2D eigenvalue weighted by Gasteiger charge is 2.23. The van der Waals surface area contributed by atoms with E-state index in [0.29, 0.717) is 24.8 Å². The number of amides is 1. The van der Waals surface area contributed by atoms with Crippen LogP contribution in [0.2, 0.25) is 0 Å². The summed E-state index contributed by atoms with van der Waals surface area (Å²) in [7, 11) is 1.85. The highest BCUT2D eigenvalue weighted by atomic mass is 16.5. The number of pyridine rings is 1. The van der Waals surface area contributed by atoms with Crippen LogP contribution < -0.4 is 4.74 Å². The van der Waals surface area contributed by atoms with Crippen LogP contribution in [-0.2, 0) is 4.79 Å². The third kappa shape index (κ3) is 2.59. The van der Waals surface area contributed by atoms with Crippen molar-refractivity contribution in [1.29, 1.82) is 0 Å². The zero-order valence-corrected chi connectivity index (χ0v) is 11.6. The van der Waals surface area contributed by atoms with Gasteiger partial charge in [-0.2, -0.15) is 0 Å². The molecule has 0 spiro atoms. The number of hydrogen-bond donors (Lipinski definition) is 0. The Morgan fingerprint density at radius 1 is 1.35 bits per heavy atom. The Balaban J connectivity index is 1.70. The molecule has 1 unspecified atom stereocenters. The minimum atomic E-state index is 0.226. The lowest BCUT2D eigenvalue weighted by Crippen LogP contribution is -2.39. The van der Waals surface area contributed by atoms with E-state index in [2.05, 4.69) is 11.1 Å². The Bertz CT molecular complexity index is 621. The third-order valence-electron chi connectivity index (χ3n) is 3.82. The number of ether oxygens (including phenoxy) is 1. The van der Waals surface area contributed by atoms with Gasteiger partial charge in [-0.1, -0.05) is 18.2 Å². The molecule has 3 rings (SSSR count). The summed E-state index contributed by atoms with van der Waals surface area (Å²) in [4.78, 5) is 17.6. The first-order valence-corrected chi connectivity index (χ1v) is 6.94. The van der Waals surface area contributed by atoms with E-state index in [1.165, 1.54) is 0 Å². The van der Waals surface area contributed by atoms with Gasteiger partial charge in [0, 0.05) is 37.5 Å². The molecule has 0 radical (unpaired) electrons. The summed E-state index contributed by atoms with van der Waals surface area (Å²) in [6, 6.07) is 10.1. The molecule has 0 N–H and O–H groups in total. The molecule has 1 aromatic heterocycles. The maximum atomic E-state index is 11.5. The average Bonchev–Trinajstić information content (AvgIpc) is 2.48. The molecule has 1 atom stereocenters. The maximum absolute atomic E-state index is 11.5. The second-order valence-corrected chi connectivity index (χ2v) is 5.33. The van der Waals surface area contributed by atoms with E-state index >= 15 is 0 Å². The number of likely N-dealkylation sites (tertiary alicyclic amines) is 1. The van der Waals surface area contributed by atoms with Gasteiger partial charge in [0.15, 0.2) is 0 Å². The van der Waals surface area contributed by atoms with E-state index in [1.54, 1.807) is 11.1 Å². The molecule has 2 heterocycles. The van der Waals surface area contributed by atoms with Crippen LogP contribution in [-0.4, -0.2) is 36.0 Å². The van der Waals surface area contributed by atoms with Gasteiger partial charge in [-0.3, -0.25) is 4.79 Å². The topological polar surface area (TPSA) is 42.4 Å². The second-order valence-electron chi connectivity index (χ2n) is 5.33. The Kier molecular flexibility index (Phi) is 3.54. The van der Waals surface area contributed by atoms with E-state index in [9.17, 15) is 4.79 Å². The SMILES string of the molecule is CN1CC(COc2nccc3ccccc23)CCC1=O. The molecule has 104 valence electrons. The Hall–Kier alpha value is -2.10. The molecule has 0 bridgehead atoms. The molecule has 4 nitrogen and oxygen atoms in total. The molecule has 1 aliphatic rings. The first-order valence-electron chi connectivity index (χ1n) is 6.94. The van der Waals surface area contributed by atoms with Gasteiger partial charge in [-0.25, -0.2) is 4.98 Å². The molecule has 2 aromatic rings. The zero-order valence-electron chi connectivity index (χ0n) is 11.6. The minimum Gasteiger partial charge on any atom is -0.477 e. The summed E-state index contributed by atoms with van der Waals surface area (Å²) in [5, 5.41) is 2.17. The van der Waals surface area contributed by atoms with Crippen molar-refractivity contribution in [3.63, 3.8) is 0 Å². The molecule has 20 heavy (non-hydrogen) atoms. The number of carbonyl (C=O) groups excluding carboxylic acids is 1. The molecular formula is C16H18N2O2. The summed E-state index contributed by atoms with van der Waals surface area (Å²) in [5.74, 6) is 1.30.